The second kappa shape index (κ2) is 11.0. The molecule has 3 atom stereocenters. The zero-order valence-corrected chi connectivity index (χ0v) is 23.8. The van der Waals surface area contributed by atoms with Gasteiger partial charge in [-0.25, -0.2) is 14.3 Å². The summed E-state index contributed by atoms with van der Waals surface area (Å²) in [5.41, 5.74) is 6.27. The van der Waals surface area contributed by atoms with Crippen LogP contribution in [0.3, 0.4) is 0 Å². The maximum absolute atomic E-state index is 13.2. The number of rotatable bonds is 9. The Balaban J connectivity index is 1.37. The Morgan fingerprint density at radius 1 is 1.41 bits per heavy atom. The molecule has 0 radical (unpaired) electrons. The molecule has 214 valence electrons. The van der Waals surface area contributed by atoms with Gasteiger partial charge >= 0.3 is 5.97 Å². The molecule has 1 fully saturated rings. The maximum Gasteiger partial charge on any atom is 0.347 e. The van der Waals surface area contributed by atoms with E-state index >= 15 is 0 Å². The quantitative estimate of drug-likeness (QED) is 0.121. The number of fused-ring (bicyclic) bond motifs is 2. The number of hydrogen-bond donors (Lipinski definition) is 3. The van der Waals surface area contributed by atoms with E-state index in [-0.39, 0.29) is 33.2 Å². The summed E-state index contributed by atoms with van der Waals surface area (Å²) in [6, 6.07) is 2.74. The lowest BCUT2D eigenvalue weighted by molar-refractivity contribution is -0.687. The van der Waals surface area contributed by atoms with Gasteiger partial charge in [0.15, 0.2) is 29.8 Å². The van der Waals surface area contributed by atoms with Gasteiger partial charge in [0.1, 0.15) is 21.4 Å². The van der Waals surface area contributed by atoms with Gasteiger partial charge < -0.3 is 35.5 Å². The van der Waals surface area contributed by atoms with Crippen molar-refractivity contribution in [3.05, 3.63) is 52.0 Å². The number of nitrogens with two attached hydrogens (primary N) is 1. The van der Waals surface area contributed by atoms with Gasteiger partial charge in [0, 0.05) is 30.6 Å². The summed E-state index contributed by atoms with van der Waals surface area (Å²) in [5, 5.41) is 27.7. The second-order valence-electron chi connectivity index (χ2n) is 9.19. The van der Waals surface area contributed by atoms with Crippen molar-refractivity contribution in [2.24, 2.45) is 12.2 Å². The zero-order valence-electron chi connectivity index (χ0n) is 21.4. The van der Waals surface area contributed by atoms with E-state index in [1.54, 1.807) is 0 Å². The van der Waals surface area contributed by atoms with E-state index < -0.39 is 47.0 Å². The first kappa shape index (κ1) is 28.4. The number of halogens is 1. The van der Waals surface area contributed by atoms with Crippen molar-refractivity contribution in [1.82, 2.24) is 19.8 Å². The SMILES string of the molecule is C[C@H](O/N=C(\C(=O)N[C@@H]1C(=O)N2C(C(=O)[O-])=C(C[n+]3ccc4c(ccn4C)c3)CSC12)c1nc(N)sc1Cl)C(=O)O. The molecule has 2 aliphatic heterocycles. The van der Waals surface area contributed by atoms with Crippen LogP contribution in [0.15, 0.2) is 47.1 Å². The monoisotopic (exact) mass is 619 g/mol. The summed E-state index contributed by atoms with van der Waals surface area (Å²) >= 11 is 8.27. The highest BCUT2D eigenvalue weighted by molar-refractivity contribution is 8.00. The van der Waals surface area contributed by atoms with Gasteiger partial charge in [0.25, 0.3) is 11.8 Å². The topological polar surface area (TPSA) is 196 Å². The minimum absolute atomic E-state index is 0.00501. The lowest BCUT2D eigenvalue weighted by atomic mass is 10.0. The molecule has 0 aromatic carbocycles. The molecule has 41 heavy (non-hydrogen) atoms. The number of β-lactam (4-membered cyclic amide) rings is 1. The number of aliphatic carboxylic acids is 2. The second-order valence-corrected chi connectivity index (χ2v) is 11.9. The number of oxime groups is 1. The van der Waals surface area contributed by atoms with Gasteiger partial charge in [-0.3, -0.25) is 14.5 Å². The number of thioether (sulfide) groups is 1. The Morgan fingerprint density at radius 2 is 2.17 bits per heavy atom. The number of aromatic nitrogens is 3. The fraction of sp³-hybridized carbons (Fsp3) is 0.292. The predicted molar refractivity (Wildman–Crippen MR) is 146 cm³/mol. The van der Waals surface area contributed by atoms with Crippen LogP contribution in [0.1, 0.15) is 12.6 Å². The number of hydrogen-bond acceptors (Lipinski definition) is 11. The molecule has 3 aromatic rings. The normalized spacial score (nSPS) is 19.5. The third kappa shape index (κ3) is 5.32. The number of aryl methyl sites for hydroxylation is 1. The van der Waals surface area contributed by atoms with Gasteiger partial charge in [-0.05, 0) is 13.0 Å². The molecule has 4 N–H and O–H groups in total. The van der Waals surface area contributed by atoms with Gasteiger partial charge in [-0.2, -0.15) is 0 Å². The number of amides is 2. The minimum Gasteiger partial charge on any atom is -0.543 e. The van der Waals surface area contributed by atoms with Crippen molar-refractivity contribution in [2.75, 3.05) is 11.5 Å². The van der Waals surface area contributed by atoms with E-state index in [9.17, 15) is 24.3 Å². The number of carbonyl (C=O) groups is 4. The van der Waals surface area contributed by atoms with Crippen LogP contribution in [-0.4, -0.2) is 72.3 Å². The third-order valence-corrected chi connectivity index (χ3v) is 8.90. The van der Waals surface area contributed by atoms with Gasteiger partial charge in [-0.1, -0.05) is 28.1 Å². The summed E-state index contributed by atoms with van der Waals surface area (Å²) < 4.78 is 3.79. The Bertz CT molecular complexity index is 1670. The summed E-state index contributed by atoms with van der Waals surface area (Å²) in [5.74, 6) is -4.19. The summed E-state index contributed by atoms with van der Waals surface area (Å²) in [6.07, 6.45) is 4.22. The molecule has 5 heterocycles. The molecule has 0 bridgehead atoms. The predicted octanol–water partition coefficient (Wildman–Crippen LogP) is -0.544. The van der Waals surface area contributed by atoms with Crippen molar-refractivity contribution in [1.29, 1.82) is 0 Å². The lowest BCUT2D eigenvalue weighted by Gasteiger charge is -2.50. The molecule has 0 aliphatic carbocycles. The van der Waals surface area contributed by atoms with Gasteiger partial charge in [0.2, 0.25) is 6.10 Å². The van der Waals surface area contributed by atoms with Gasteiger partial charge in [-0.15, -0.1) is 11.8 Å². The first-order valence-corrected chi connectivity index (χ1v) is 14.2. The van der Waals surface area contributed by atoms with E-state index in [1.165, 1.54) is 18.7 Å². The molecule has 17 heteroatoms. The highest BCUT2D eigenvalue weighted by Crippen LogP contribution is 2.40. The highest BCUT2D eigenvalue weighted by atomic mass is 35.5. The van der Waals surface area contributed by atoms with E-state index in [1.807, 2.05) is 46.9 Å². The maximum atomic E-state index is 13.2. The van der Waals surface area contributed by atoms with Crippen LogP contribution in [0, 0.1) is 0 Å². The smallest absolute Gasteiger partial charge is 0.347 e. The molecule has 1 saturated heterocycles. The number of nitrogens with one attached hydrogen (secondary N) is 1. The molecule has 14 nitrogen and oxygen atoms in total. The van der Waals surface area contributed by atoms with Crippen molar-refractivity contribution in [3.63, 3.8) is 0 Å². The van der Waals surface area contributed by atoms with Crippen molar-refractivity contribution in [2.45, 2.75) is 31.0 Å². The summed E-state index contributed by atoms with van der Waals surface area (Å²) in [6.45, 7) is 1.42. The fourth-order valence-corrected chi connectivity index (χ4v) is 6.69. The Labute approximate surface area is 245 Å². The number of nitrogens with zero attached hydrogens (tertiary/aromatic N) is 5. The Hall–Kier alpha value is -4.15. The largest absolute Gasteiger partial charge is 0.543 e. The van der Waals surface area contributed by atoms with E-state index in [2.05, 4.69) is 15.5 Å². The molecule has 0 saturated carbocycles. The minimum atomic E-state index is -1.51. The molecule has 2 amide bonds. The van der Waals surface area contributed by atoms with Crippen molar-refractivity contribution >= 4 is 80.2 Å². The molecule has 2 aliphatic rings. The molecular weight excluding hydrogens is 598 g/mol. The summed E-state index contributed by atoms with van der Waals surface area (Å²) in [7, 11) is 1.92. The fourth-order valence-electron chi connectivity index (χ4n) is 4.43. The number of thiazole rings is 1. The van der Waals surface area contributed by atoms with Crippen LogP contribution >= 0.6 is 34.7 Å². The number of nitrogen functional groups attached to an aromatic ring is 1. The Kier molecular flexibility index (Phi) is 7.63. The number of carbonyl (C=O) groups excluding carboxylic acids is 3. The number of carboxylic acids is 2. The molecule has 3 aromatic heterocycles. The van der Waals surface area contributed by atoms with Crippen LogP contribution in [-0.2, 0) is 37.6 Å². The van der Waals surface area contributed by atoms with Gasteiger partial charge in [0.05, 0.1) is 22.6 Å². The highest BCUT2D eigenvalue weighted by Gasteiger charge is 2.53. The molecule has 0 spiro atoms. The van der Waals surface area contributed by atoms with Crippen LogP contribution in [0.2, 0.25) is 4.34 Å². The molecule has 1 unspecified atom stereocenters. The zero-order chi connectivity index (χ0) is 29.6. The van der Waals surface area contributed by atoms with E-state index in [0.717, 1.165) is 27.1 Å². The first-order chi connectivity index (χ1) is 19.5. The van der Waals surface area contributed by atoms with Crippen LogP contribution < -0.4 is 20.7 Å². The van der Waals surface area contributed by atoms with Crippen molar-refractivity contribution < 1.29 is 38.8 Å². The van der Waals surface area contributed by atoms with Crippen LogP contribution in [0.5, 0.6) is 0 Å². The summed E-state index contributed by atoms with van der Waals surface area (Å²) in [4.78, 5) is 59.7. The van der Waals surface area contributed by atoms with Crippen LogP contribution in [0.4, 0.5) is 5.13 Å². The third-order valence-electron chi connectivity index (χ3n) is 6.47. The van der Waals surface area contributed by atoms with Crippen molar-refractivity contribution in [3.8, 4) is 0 Å². The lowest BCUT2D eigenvalue weighted by Crippen LogP contribution is -2.71. The first-order valence-electron chi connectivity index (χ1n) is 12.0. The Morgan fingerprint density at radius 3 is 2.83 bits per heavy atom. The number of carboxylic acid groups (broad SMARTS) is 2. The van der Waals surface area contributed by atoms with Crippen LogP contribution in [0.25, 0.3) is 10.9 Å². The average molecular weight is 620 g/mol. The average Bonchev–Trinajstić information content (AvgIpc) is 3.46. The number of anilines is 1. The molecule has 5 rings (SSSR count). The number of pyridine rings is 1. The standard InChI is InChI=1S/C24H22ClN7O7S2/c1-10(22(35)36)39-29-15(14-18(25)41-24(26)28-14)19(33)27-16-20(34)32-17(23(37)38)12(9-40-21(16)32)8-31-6-4-13-11(7-31)3-5-30(13)2/h3-7,10,16,21H,8-9H2,1-2H3,(H4-,26,27,28,33,35,36,37,38)/b29-15-/t10-,16+,21?/m0/s1. The molecular formula is C24H22ClN7O7S2. The van der Waals surface area contributed by atoms with E-state index in [4.69, 9.17) is 27.3 Å². The van der Waals surface area contributed by atoms with E-state index in [0.29, 0.717) is 5.57 Å².